The number of unbranched alkanes of at least 4 members (excludes halogenated alkanes) is 13. The van der Waals surface area contributed by atoms with Gasteiger partial charge in [0.1, 0.15) is 12.4 Å². The summed E-state index contributed by atoms with van der Waals surface area (Å²) >= 11 is 0. The first-order chi connectivity index (χ1) is 13.9. The second-order valence-electron chi connectivity index (χ2n) is 7.98. The van der Waals surface area contributed by atoms with Gasteiger partial charge in [-0.05, 0) is 19.0 Å². The first-order valence-electron chi connectivity index (χ1n) is 11.9. The predicted molar refractivity (Wildman–Crippen MR) is 124 cm³/mol. The van der Waals surface area contributed by atoms with Crippen molar-refractivity contribution in [2.45, 2.75) is 103 Å². The van der Waals surface area contributed by atoms with Gasteiger partial charge in [0.2, 0.25) is 0 Å². The minimum absolute atomic E-state index is 0.565. The van der Waals surface area contributed by atoms with Gasteiger partial charge in [0, 0.05) is 12.1 Å². The van der Waals surface area contributed by atoms with Gasteiger partial charge in [-0.3, -0.25) is 0 Å². The molecule has 0 aliphatic rings. The molecule has 0 unspecified atom stereocenters. The molecule has 1 aromatic carbocycles. The number of nitrogens with one attached hydrogen (secondary N) is 1. The highest BCUT2D eigenvalue weighted by Gasteiger charge is 2.01. The summed E-state index contributed by atoms with van der Waals surface area (Å²) in [6, 6.07) is 8.27. The molecular formula is C26H45NO. The average molecular weight is 388 g/mol. The van der Waals surface area contributed by atoms with Crippen molar-refractivity contribution in [3.8, 4) is 5.75 Å². The van der Waals surface area contributed by atoms with Crippen LogP contribution in [0.15, 0.2) is 36.9 Å². The molecule has 0 aromatic heterocycles. The lowest BCUT2D eigenvalue weighted by atomic mass is 10.0. The van der Waals surface area contributed by atoms with Crippen LogP contribution in [0.5, 0.6) is 5.75 Å². The van der Waals surface area contributed by atoms with Gasteiger partial charge < -0.3 is 10.1 Å². The minimum atomic E-state index is 0.565. The Kier molecular flexibility index (Phi) is 16.8. The van der Waals surface area contributed by atoms with Gasteiger partial charge in [0.25, 0.3) is 0 Å². The third kappa shape index (κ3) is 13.8. The molecule has 0 amide bonds. The van der Waals surface area contributed by atoms with Crippen molar-refractivity contribution in [1.29, 1.82) is 0 Å². The Morgan fingerprint density at radius 3 is 1.89 bits per heavy atom. The first kappa shape index (κ1) is 24.8. The summed E-state index contributed by atoms with van der Waals surface area (Å²) in [5, 5.41) is 3.56. The van der Waals surface area contributed by atoms with E-state index in [-0.39, 0.29) is 0 Å². The van der Waals surface area contributed by atoms with E-state index in [1.54, 1.807) is 6.08 Å². The fraction of sp³-hybridized carbons (Fsp3) is 0.692. The molecule has 0 fully saturated rings. The largest absolute Gasteiger partial charge is 0.489 e. The Balaban J connectivity index is 1.86. The van der Waals surface area contributed by atoms with E-state index >= 15 is 0 Å². The standard InChI is InChI=1S/C26H45NO/c1-3-5-6-7-8-9-10-11-12-13-14-15-16-19-22-27-24-25-20-17-18-21-26(25)28-23-4-2/h4,17-18,20-21,27H,2-3,5-16,19,22-24H2,1H3. The Hall–Kier alpha value is -1.28. The van der Waals surface area contributed by atoms with E-state index in [0.29, 0.717) is 6.61 Å². The maximum absolute atomic E-state index is 5.71. The van der Waals surface area contributed by atoms with E-state index in [1.807, 2.05) is 12.1 Å². The highest BCUT2D eigenvalue weighted by Crippen LogP contribution is 2.18. The fourth-order valence-corrected chi connectivity index (χ4v) is 3.61. The van der Waals surface area contributed by atoms with Crippen LogP contribution in [0, 0.1) is 0 Å². The van der Waals surface area contributed by atoms with Gasteiger partial charge in [0.05, 0.1) is 0 Å². The molecule has 2 nitrogen and oxygen atoms in total. The lowest BCUT2D eigenvalue weighted by Gasteiger charge is -2.11. The highest BCUT2D eigenvalue weighted by molar-refractivity contribution is 5.33. The SMILES string of the molecule is C=CCOc1ccccc1CNCCCCCCCCCCCCCCCC. The van der Waals surface area contributed by atoms with Crippen LogP contribution in [0.3, 0.4) is 0 Å². The van der Waals surface area contributed by atoms with Crippen LogP contribution in [0.25, 0.3) is 0 Å². The maximum Gasteiger partial charge on any atom is 0.124 e. The summed E-state index contributed by atoms with van der Waals surface area (Å²) in [6.45, 7) is 8.54. The second kappa shape index (κ2) is 19.1. The molecule has 1 N–H and O–H groups in total. The van der Waals surface area contributed by atoms with Gasteiger partial charge in [-0.25, -0.2) is 0 Å². The molecule has 0 atom stereocenters. The van der Waals surface area contributed by atoms with Crippen molar-refractivity contribution < 1.29 is 4.74 Å². The first-order valence-corrected chi connectivity index (χ1v) is 11.9. The molecule has 0 heterocycles. The van der Waals surface area contributed by atoms with Crippen LogP contribution in [-0.2, 0) is 6.54 Å². The minimum Gasteiger partial charge on any atom is -0.489 e. The van der Waals surface area contributed by atoms with Crippen molar-refractivity contribution >= 4 is 0 Å². The van der Waals surface area contributed by atoms with Gasteiger partial charge in [-0.2, -0.15) is 0 Å². The summed E-state index contributed by atoms with van der Waals surface area (Å²) in [5.41, 5.74) is 1.23. The maximum atomic E-state index is 5.71. The number of rotatable bonds is 20. The molecule has 0 aliphatic heterocycles. The van der Waals surface area contributed by atoms with Gasteiger partial charge in [-0.1, -0.05) is 121 Å². The topological polar surface area (TPSA) is 21.3 Å². The number of para-hydroxylation sites is 1. The van der Waals surface area contributed by atoms with Crippen LogP contribution in [-0.4, -0.2) is 13.2 Å². The van der Waals surface area contributed by atoms with Crippen LogP contribution in [0.4, 0.5) is 0 Å². The summed E-state index contributed by atoms with van der Waals surface area (Å²) in [6.07, 6.45) is 21.6. The smallest absolute Gasteiger partial charge is 0.124 e. The Bertz CT molecular complexity index is 471. The van der Waals surface area contributed by atoms with E-state index in [2.05, 4.69) is 31.0 Å². The van der Waals surface area contributed by atoms with E-state index in [9.17, 15) is 0 Å². The summed E-state index contributed by atoms with van der Waals surface area (Å²) in [4.78, 5) is 0. The van der Waals surface area contributed by atoms with E-state index < -0.39 is 0 Å². The fourth-order valence-electron chi connectivity index (χ4n) is 3.61. The van der Waals surface area contributed by atoms with Gasteiger partial charge in [-0.15, -0.1) is 0 Å². The normalized spacial score (nSPS) is 10.9. The zero-order chi connectivity index (χ0) is 20.1. The number of benzene rings is 1. The van der Waals surface area contributed by atoms with Crippen molar-refractivity contribution in [3.05, 3.63) is 42.5 Å². The van der Waals surface area contributed by atoms with Crippen molar-refractivity contribution in [2.75, 3.05) is 13.2 Å². The quantitative estimate of drug-likeness (QED) is 0.182. The molecule has 2 heteroatoms. The molecule has 1 rings (SSSR count). The molecule has 0 aliphatic carbocycles. The average Bonchev–Trinajstić information content (AvgIpc) is 2.72. The Labute approximate surface area is 175 Å². The molecule has 160 valence electrons. The Morgan fingerprint density at radius 2 is 1.32 bits per heavy atom. The van der Waals surface area contributed by atoms with E-state index in [1.165, 1.54) is 95.5 Å². The summed E-state index contributed by atoms with van der Waals surface area (Å²) < 4.78 is 5.71. The monoisotopic (exact) mass is 387 g/mol. The second-order valence-corrected chi connectivity index (χ2v) is 7.98. The molecule has 0 radical (unpaired) electrons. The lowest BCUT2D eigenvalue weighted by Crippen LogP contribution is -2.15. The molecule has 0 bridgehead atoms. The van der Waals surface area contributed by atoms with Gasteiger partial charge in [0.15, 0.2) is 0 Å². The number of hydrogen-bond donors (Lipinski definition) is 1. The van der Waals surface area contributed by atoms with Crippen molar-refractivity contribution in [1.82, 2.24) is 5.32 Å². The number of ether oxygens (including phenoxy) is 1. The van der Waals surface area contributed by atoms with Crippen LogP contribution >= 0.6 is 0 Å². The summed E-state index contributed by atoms with van der Waals surface area (Å²) in [7, 11) is 0. The number of hydrogen-bond acceptors (Lipinski definition) is 2. The van der Waals surface area contributed by atoms with Crippen molar-refractivity contribution in [2.24, 2.45) is 0 Å². The summed E-state index contributed by atoms with van der Waals surface area (Å²) in [5.74, 6) is 0.968. The molecule has 0 saturated carbocycles. The van der Waals surface area contributed by atoms with Crippen molar-refractivity contribution in [3.63, 3.8) is 0 Å². The third-order valence-electron chi connectivity index (χ3n) is 5.35. The molecule has 1 aromatic rings. The van der Waals surface area contributed by atoms with Gasteiger partial charge >= 0.3 is 0 Å². The molecule has 0 saturated heterocycles. The molecule has 0 spiro atoms. The lowest BCUT2D eigenvalue weighted by molar-refractivity contribution is 0.358. The van der Waals surface area contributed by atoms with Crippen LogP contribution < -0.4 is 10.1 Å². The van der Waals surface area contributed by atoms with Crippen LogP contribution in [0.1, 0.15) is 102 Å². The zero-order valence-electron chi connectivity index (χ0n) is 18.5. The molecular weight excluding hydrogens is 342 g/mol. The predicted octanol–water partition coefficient (Wildman–Crippen LogP) is 7.82. The molecule has 28 heavy (non-hydrogen) atoms. The highest BCUT2D eigenvalue weighted by atomic mass is 16.5. The van der Waals surface area contributed by atoms with E-state index in [0.717, 1.165) is 18.8 Å². The van der Waals surface area contributed by atoms with E-state index in [4.69, 9.17) is 4.74 Å². The third-order valence-corrected chi connectivity index (χ3v) is 5.35. The Morgan fingerprint density at radius 1 is 0.786 bits per heavy atom. The van der Waals surface area contributed by atoms with Crippen LogP contribution in [0.2, 0.25) is 0 Å². The zero-order valence-corrected chi connectivity index (χ0v) is 18.5.